The van der Waals surface area contributed by atoms with Gasteiger partial charge in [-0.25, -0.2) is 19.7 Å². The number of urea groups is 1. The number of hydrogen-bond acceptors (Lipinski definition) is 6. The number of aromatic nitrogens is 4. The van der Waals surface area contributed by atoms with Crippen molar-refractivity contribution in [1.82, 2.24) is 25.3 Å². The number of carbonyl (C=O) groups is 1. The number of nitrogens with zero attached hydrogens (tertiary/aromatic N) is 4. The van der Waals surface area contributed by atoms with Crippen LogP contribution in [0.5, 0.6) is 0 Å². The zero-order valence-corrected chi connectivity index (χ0v) is 15.4. The molecule has 0 fully saturated rings. The third-order valence-electron chi connectivity index (χ3n) is 3.80. The molecule has 0 radical (unpaired) electrons. The number of anilines is 3. The molecular formula is C19H21N7O. The van der Waals surface area contributed by atoms with Crippen LogP contribution in [0.1, 0.15) is 18.4 Å². The summed E-state index contributed by atoms with van der Waals surface area (Å²) in [5.74, 6) is 2.01. The second-order valence-electron chi connectivity index (χ2n) is 5.89. The van der Waals surface area contributed by atoms with Crippen LogP contribution in [0.15, 0.2) is 42.9 Å². The molecule has 138 valence electrons. The lowest BCUT2D eigenvalue weighted by atomic mass is 10.1. The number of amides is 2. The molecule has 0 atom stereocenters. The lowest BCUT2D eigenvalue weighted by molar-refractivity contribution is 0.252. The third-order valence-corrected chi connectivity index (χ3v) is 3.80. The SMILES string of the molecule is CCNC(=O)Nc1cc(-c2ccnc(Nc3ccnc(C)n3)c2)cnc1C. The molecule has 3 aromatic heterocycles. The second-order valence-corrected chi connectivity index (χ2v) is 5.89. The molecular weight excluding hydrogens is 342 g/mol. The highest BCUT2D eigenvalue weighted by molar-refractivity contribution is 5.90. The number of carbonyl (C=O) groups excluding carboxylic acids is 1. The van der Waals surface area contributed by atoms with Crippen molar-refractivity contribution >= 4 is 23.4 Å². The lowest BCUT2D eigenvalue weighted by Crippen LogP contribution is -2.28. The van der Waals surface area contributed by atoms with Gasteiger partial charge in [0.1, 0.15) is 17.5 Å². The highest BCUT2D eigenvalue weighted by atomic mass is 16.2. The summed E-state index contributed by atoms with van der Waals surface area (Å²) < 4.78 is 0. The zero-order valence-electron chi connectivity index (χ0n) is 15.4. The second kappa shape index (κ2) is 8.22. The Morgan fingerprint density at radius 2 is 1.81 bits per heavy atom. The summed E-state index contributed by atoms with van der Waals surface area (Å²) in [5.41, 5.74) is 3.20. The van der Waals surface area contributed by atoms with Crippen LogP contribution < -0.4 is 16.0 Å². The van der Waals surface area contributed by atoms with E-state index in [2.05, 4.69) is 35.9 Å². The first-order chi connectivity index (χ1) is 13.0. The molecule has 3 aromatic rings. The van der Waals surface area contributed by atoms with Crippen molar-refractivity contribution < 1.29 is 4.79 Å². The monoisotopic (exact) mass is 363 g/mol. The lowest BCUT2D eigenvalue weighted by Gasteiger charge is -2.11. The average Bonchev–Trinajstić information content (AvgIpc) is 2.64. The molecule has 0 aliphatic rings. The van der Waals surface area contributed by atoms with Crippen molar-refractivity contribution in [3.8, 4) is 11.1 Å². The van der Waals surface area contributed by atoms with Crippen LogP contribution in [-0.4, -0.2) is 32.5 Å². The topological polar surface area (TPSA) is 105 Å². The van der Waals surface area contributed by atoms with Gasteiger partial charge in [0, 0.05) is 30.7 Å². The zero-order chi connectivity index (χ0) is 19.2. The highest BCUT2D eigenvalue weighted by Crippen LogP contribution is 2.25. The summed E-state index contributed by atoms with van der Waals surface area (Å²) in [4.78, 5) is 28.9. The smallest absolute Gasteiger partial charge is 0.319 e. The molecule has 0 aliphatic carbocycles. The van der Waals surface area contributed by atoms with Crippen LogP contribution in [0.4, 0.5) is 22.1 Å². The molecule has 3 rings (SSSR count). The van der Waals surface area contributed by atoms with Gasteiger partial charge in [-0.3, -0.25) is 4.98 Å². The molecule has 3 heterocycles. The number of hydrogen-bond donors (Lipinski definition) is 3. The first-order valence-corrected chi connectivity index (χ1v) is 8.59. The molecule has 0 unspecified atom stereocenters. The minimum Gasteiger partial charge on any atom is -0.338 e. The van der Waals surface area contributed by atoms with Crippen LogP contribution in [0.25, 0.3) is 11.1 Å². The molecule has 2 amide bonds. The number of nitrogens with one attached hydrogen (secondary N) is 3. The van der Waals surface area contributed by atoms with Gasteiger partial charge in [-0.2, -0.15) is 0 Å². The summed E-state index contributed by atoms with van der Waals surface area (Å²) in [6.07, 6.45) is 5.17. The van der Waals surface area contributed by atoms with E-state index in [1.165, 1.54) is 0 Å². The van der Waals surface area contributed by atoms with E-state index in [1.54, 1.807) is 24.7 Å². The number of aryl methyl sites for hydroxylation is 2. The van der Waals surface area contributed by atoms with Gasteiger partial charge >= 0.3 is 6.03 Å². The minimum absolute atomic E-state index is 0.254. The summed E-state index contributed by atoms with van der Waals surface area (Å²) in [5, 5.41) is 8.70. The van der Waals surface area contributed by atoms with Gasteiger partial charge in [0.2, 0.25) is 0 Å². The van der Waals surface area contributed by atoms with Gasteiger partial charge in [-0.1, -0.05) is 0 Å². The maximum absolute atomic E-state index is 11.8. The summed E-state index contributed by atoms with van der Waals surface area (Å²) in [6, 6.07) is 7.21. The van der Waals surface area contributed by atoms with E-state index in [9.17, 15) is 4.79 Å². The largest absolute Gasteiger partial charge is 0.338 e. The summed E-state index contributed by atoms with van der Waals surface area (Å²) in [7, 11) is 0. The van der Waals surface area contributed by atoms with Crippen LogP contribution in [0.2, 0.25) is 0 Å². The maximum atomic E-state index is 11.8. The van der Waals surface area contributed by atoms with Gasteiger partial charge in [-0.05, 0) is 50.6 Å². The molecule has 8 nitrogen and oxygen atoms in total. The fourth-order valence-electron chi connectivity index (χ4n) is 2.48. The number of rotatable bonds is 5. The van der Waals surface area contributed by atoms with Gasteiger partial charge in [-0.15, -0.1) is 0 Å². The van der Waals surface area contributed by atoms with Crippen molar-refractivity contribution in [2.45, 2.75) is 20.8 Å². The van der Waals surface area contributed by atoms with Gasteiger partial charge in [0.25, 0.3) is 0 Å². The van der Waals surface area contributed by atoms with E-state index in [4.69, 9.17) is 0 Å². The van der Waals surface area contributed by atoms with Gasteiger partial charge < -0.3 is 16.0 Å². The van der Waals surface area contributed by atoms with Crippen LogP contribution in [-0.2, 0) is 0 Å². The molecule has 0 saturated carbocycles. The Labute approximate surface area is 157 Å². The van der Waals surface area contributed by atoms with E-state index >= 15 is 0 Å². The Morgan fingerprint density at radius 1 is 1.00 bits per heavy atom. The first-order valence-electron chi connectivity index (χ1n) is 8.59. The quantitative estimate of drug-likeness (QED) is 0.641. The minimum atomic E-state index is -0.254. The maximum Gasteiger partial charge on any atom is 0.319 e. The summed E-state index contributed by atoms with van der Waals surface area (Å²) >= 11 is 0. The molecule has 0 aromatic carbocycles. The molecule has 3 N–H and O–H groups in total. The molecule has 27 heavy (non-hydrogen) atoms. The Kier molecular flexibility index (Phi) is 5.55. The Hall–Kier alpha value is -3.55. The van der Waals surface area contributed by atoms with Crippen LogP contribution >= 0.6 is 0 Å². The fraction of sp³-hybridized carbons (Fsp3) is 0.211. The highest BCUT2D eigenvalue weighted by Gasteiger charge is 2.08. The molecule has 0 bridgehead atoms. The standard InChI is InChI=1S/C19H21N7O/c1-4-20-19(27)25-16-9-15(11-23-12(16)2)14-5-7-22-18(10-14)26-17-6-8-21-13(3)24-17/h5-11H,4H2,1-3H3,(H2,20,25,27)(H,21,22,24,26). The predicted molar refractivity (Wildman–Crippen MR) is 105 cm³/mol. The van der Waals surface area contributed by atoms with Gasteiger partial charge in [0.15, 0.2) is 0 Å². The van der Waals surface area contributed by atoms with Crippen molar-refractivity contribution in [1.29, 1.82) is 0 Å². The van der Waals surface area contributed by atoms with E-state index in [1.807, 2.05) is 39.0 Å². The molecule has 0 aliphatic heterocycles. The van der Waals surface area contributed by atoms with Crippen LogP contribution in [0, 0.1) is 13.8 Å². The number of pyridine rings is 2. The molecule has 8 heteroatoms. The van der Waals surface area contributed by atoms with Gasteiger partial charge in [0.05, 0.1) is 11.4 Å². The normalized spacial score (nSPS) is 10.3. The Bertz CT molecular complexity index is 958. The van der Waals surface area contributed by atoms with E-state index in [0.717, 1.165) is 16.8 Å². The first kappa shape index (κ1) is 18.2. The third kappa shape index (κ3) is 4.75. The van der Waals surface area contributed by atoms with Crippen molar-refractivity contribution in [2.24, 2.45) is 0 Å². The Morgan fingerprint density at radius 3 is 2.59 bits per heavy atom. The molecule has 0 spiro atoms. The average molecular weight is 363 g/mol. The fourth-order valence-corrected chi connectivity index (χ4v) is 2.48. The van der Waals surface area contributed by atoms with E-state index in [-0.39, 0.29) is 6.03 Å². The van der Waals surface area contributed by atoms with Crippen molar-refractivity contribution in [3.63, 3.8) is 0 Å². The Balaban J connectivity index is 1.85. The summed E-state index contributed by atoms with van der Waals surface area (Å²) in [6.45, 7) is 6.10. The molecule has 0 saturated heterocycles. The van der Waals surface area contributed by atoms with Crippen LogP contribution in [0.3, 0.4) is 0 Å². The predicted octanol–water partition coefficient (Wildman–Crippen LogP) is 3.44. The van der Waals surface area contributed by atoms with Crippen molar-refractivity contribution in [3.05, 3.63) is 54.4 Å². The van der Waals surface area contributed by atoms with E-state index < -0.39 is 0 Å². The van der Waals surface area contributed by atoms with E-state index in [0.29, 0.717) is 29.7 Å². The van der Waals surface area contributed by atoms with Crippen molar-refractivity contribution in [2.75, 3.05) is 17.2 Å².